The fraction of sp³-hybridized carbons (Fsp3) is 0.267. The van der Waals surface area contributed by atoms with Crippen LogP contribution < -0.4 is 5.73 Å². The molecule has 1 amide bonds. The summed E-state index contributed by atoms with van der Waals surface area (Å²) in [6, 6.07) is 12.8. The Hall–Kier alpha value is -1.83. The summed E-state index contributed by atoms with van der Waals surface area (Å²) in [7, 11) is 0. The van der Waals surface area contributed by atoms with E-state index < -0.39 is 0 Å². The van der Waals surface area contributed by atoms with Crippen molar-refractivity contribution in [2.45, 2.75) is 18.3 Å². The van der Waals surface area contributed by atoms with Crippen LogP contribution in [-0.4, -0.2) is 5.91 Å². The van der Waals surface area contributed by atoms with Gasteiger partial charge in [0.05, 0.1) is 0 Å². The standard InChI is InChI=1S/C15H13NO/c16-15(17)12-7-11-9-5-1-3-8-4-2-6-10(13(8)9)14(11)12/h1-6,11-12,14H,7H2,(H2,16,17)/t11-,12+,14+/m0/s1. The highest BCUT2D eigenvalue weighted by Gasteiger charge is 2.50. The van der Waals surface area contributed by atoms with Crippen LogP contribution in [0.15, 0.2) is 36.4 Å². The fourth-order valence-electron chi connectivity index (χ4n) is 3.68. The van der Waals surface area contributed by atoms with E-state index in [2.05, 4.69) is 36.4 Å². The third kappa shape index (κ3) is 0.985. The Kier molecular flexibility index (Phi) is 1.57. The molecule has 2 aliphatic rings. The Morgan fingerprint density at radius 1 is 1.12 bits per heavy atom. The van der Waals surface area contributed by atoms with Gasteiger partial charge in [0.2, 0.25) is 5.91 Å². The Bertz CT molecular complexity index is 641. The van der Waals surface area contributed by atoms with Gasteiger partial charge in [-0.05, 0) is 34.2 Å². The van der Waals surface area contributed by atoms with E-state index >= 15 is 0 Å². The fourth-order valence-corrected chi connectivity index (χ4v) is 3.68. The SMILES string of the molecule is NC(=O)[C@@H]1C[C@H]2c3cccc4cccc(c34)[C@@H]12. The van der Waals surface area contributed by atoms with Crippen molar-refractivity contribution in [1.29, 1.82) is 0 Å². The van der Waals surface area contributed by atoms with E-state index in [0.29, 0.717) is 11.8 Å². The summed E-state index contributed by atoms with van der Waals surface area (Å²) in [5, 5.41) is 2.66. The molecule has 2 nitrogen and oxygen atoms in total. The van der Waals surface area contributed by atoms with E-state index in [1.165, 1.54) is 21.9 Å². The van der Waals surface area contributed by atoms with Crippen molar-refractivity contribution in [3.05, 3.63) is 47.5 Å². The number of nitrogens with two attached hydrogens (primary N) is 1. The number of hydrogen-bond donors (Lipinski definition) is 1. The van der Waals surface area contributed by atoms with Gasteiger partial charge in [0.1, 0.15) is 0 Å². The molecule has 1 saturated carbocycles. The first kappa shape index (κ1) is 9.23. The summed E-state index contributed by atoms with van der Waals surface area (Å²) in [6.45, 7) is 0. The van der Waals surface area contributed by atoms with Crippen LogP contribution in [0.2, 0.25) is 0 Å². The quantitative estimate of drug-likeness (QED) is 0.793. The molecule has 0 bridgehead atoms. The number of rotatable bonds is 1. The van der Waals surface area contributed by atoms with Crippen LogP contribution in [0.4, 0.5) is 0 Å². The molecule has 1 fully saturated rings. The number of carbonyl (C=O) groups excluding carboxylic acids is 1. The van der Waals surface area contributed by atoms with Crippen molar-refractivity contribution in [3.63, 3.8) is 0 Å². The third-order valence-corrected chi connectivity index (χ3v) is 4.47. The molecule has 2 aliphatic carbocycles. The largest absolute Gasteiger partial charge is 0.369 e. The number of carbonyl (C=O) groups is 1. The summed E-state index contributed by atoms with van der Waals surface area (Å²) >= 11 is 0. The first-order valence-corrected chi connectivity index (χ1v) is 6.08. The first-order chi connectivity index (χ1) is 8.27. The van der Waals surface area contributed by atoms with Crippen molar-refractivity contribution in [3.8, 4) is 0 Å². The van der Waals surface area contributed by atoms with E-state index in [4.69, 9.17) is 5.73 Å². The Morgan fingerprint density at radius 3 is 2.53 bits per heavy atom. The lowest BCUT2D eigenvalue weighted by Crippen LogP contribution is -2.39. The number of hydrogen-bond acceptors (Lipinski definition) is 1. The molecule has 84 valence electrons. The predicted octanol–water partition coefficient (Wildman–Crippen LogP) is 2.53. The van der Waals surface area contributed by atoms with Crippen molar-refractivity contribution in [2.75, 3.05) is 0 Å². The van der Waals surface area contributed by atoms with Crippen molar-refractivity contribution < 1.29 is 4.79 Å². The summed E-state index contributed by atoms with van der Waals surface area (Å²) in [5.41, 5.74) is 8.23. The molecule has 0 spiro atoms. The third-order valence-electron chi connectivity index (χ3n) is 4.47. The lowest BCUT2D eigenvalue weighted by Gasteiger charge is -2.39. The van der Waals surface area contributed by atoms with Crippen LogP contribution in [0, 0.1) is 5.92 Å². The molecule has 2 aromatic carbocycles. The lowest BCUT2D eigenvalue weighted by molar-refractivity contribution is -0.125. The van der Waals surface area contributed by atoms with Crippen LogP contribution in [0.1, 0.15) is 29.4 Å². The first-order valence-electron chi connectivity index (χ1n) is 6.08. The maximum Gasteiger partial charge on any atom is 0.221 e. The zero-order valence-electron chi connectivity index (χ0n) is 9.39. The average molecular weight is 223 g/mol. The van der Waals surface area contributed by atoms with Crippen LogP contribution in [0.5, 0.6) is 0 Å². The summed E-state index contributed by atoms with van der Waals surface area (Å²) in [5.74, 6) is 0.760. The normalized spacial score (nSPS) is 28.8. The zero-order chi connectivity index (χ0) is 11.6. The van der Waals surface area contributed by atoms with Gasteiger partial charge in [-0.3, -0.25) is 4.79 Å². The molecule has 0 radical (unpaired) electrons. The number of fused-ring (bicyclic) bond motifs is 3. The predicted molar refractivity (Wildman–Crippen MR) is 66.7 cm³/mol. The number of primary amides is 1. The van der Waals surface area contributed by atoms with Crippen LogP contribution in [0.25, 0.3) is 10.8 Å². The van der Waals surface area contributed by atoms with Gasteiger partial charge in [-0.1, -0.05) is 36.4 Å². The van der Waals surface area contributed by atoms with Gasteiger partial charge in [-0.25, -0.2) is 0 Å². The summed E-state index contributed by atoms with van der Waals surface area (Å²) in [6.07, 6.45) is 0.924. The van der Waals surface area contributed by atoms with Crippen molar-refractivity contribution >= 4 is 16.7 Å². The van der Waals surface area contributed by atoms with Crippen molar-refractivity contribution in [2.24, 2.45) is 11.7 Å². The summed E-state index contributed by atoms with van der Waals surface area (Å²) in [4.78, 5) is 11.4. The zero-order valence-corrected chi connectivity index (χ0v) is 9.39. The molecular formula is C15H13NO. The molecule has 0 unspecified atom stereocenters. The van der Waals surface area contributed by atoms with Crippen LogP contribution >= 0.6 is 0 Å². The minimum atomic E-state index is -0.143. The van der Waals surface area contributed by atoms with Gasteiger partial charge in [0.25, 0.3) is 0 Å². The minimum Gasteiger partial charge on any atom is -0.369 e. The molecule has 0 saturated heterocycles. The highest BCUT2D eigenvalue weighted by atomic mass is 16.1. The van der Waals surface area contributed by atoms with Gasteiger partial charge in [-0.2, -0.15) is 0 Å². The molecule has 0 aliphatic heterocycles. The molecular weight excluding hydrogens is 210 g/mol. The second-order valence-corrected chi connectivity index (χ2v) is 5.17. The van der Waals surface area contributed by atoms with E-state index in [0.717, 1.165) is 6.42 Å². The van der Waals surface area contributed by atoms with E-state index in [-0.39, 0.29) is 11.8 Å². The lowest BCUT2D eigenvalue weighted by atomic mass is 9.63. The molecule has 4 rings (SSSR count). The number of benzene rings is 2. The Morgan fingerprint density at radius 2 is 1.82 bits per heavy atom. The molecule has 17 heavy (non-hydrogen) atoms. The molecule has 3 atom stereocenters. The molecule has 2 heteroatoms. The van der Waals surface area contributed by atoms with Gasteiger partial charge in [-0.15, -0.1) is 0 Å². The minimum absolute atomic E-state index is 0.0398. The van der Waals surface area contributed by atoms with Crippen LogP contribution in [0.3, 0.4) is 0 Å². The van der Waals surface area contributed by atoms with Gasteiger partial charge >= 0.3 is 0 Å². The van der Waals surface area contributed by atoms with Gasteiger partial charge < -0.3 is 5.73 Å². The van der Waals surface area contributed by atoms with Crippen LogP contribution in [-0.2, 0) is 4.79 Å². The highest BCUT2D eigenvalue weighted by molar-refractivity contribution is 5.95. The van der Waals surface area contributed by atoms with Crippen molar-refractivity contribution in [1.82, 2.24) is 0 Å². The maximum absolute atomic E-state index is 11.4. The molecule has 0 aromatic heterocycles. The smallest absolute Gasteiger partial charge is 0.221 e. The monoisotopic (exact) mass is 223 g/mol. The van der Waals surface area contributed by atoms with E-state index in [1.807, 2.05) is 0 Å². The summed E-state index contributed by atoms with van der Waals surface area (Å²) < 4.78 is 0. The molecule has 2 N–H and O–H groups in total. The van der Waals surface area contributed by atoms with E-state index in [1.54, 1.807) is 0 Å². The number of amides is 1. The Labute approximate surface area is 99.4 Å². The maximum atomic E-state index is 11.4. The molecule has 2 aromatic rings. The van der Waals surface area contributed by atoms with Gasteiger partial charge in [0, 0.05) is 11.8 Å². The van der Waals surface area contributed by atoms with E-state index in [9.17, 15) is 4.79 Å². The molecule has 0 heterocycles. The highest BCUT2D eigenvalue weighted by Crippen LogP contribution is 2.60. The second kappa shape index (κ2) is 2.89. The average Bonchev–Trinajstić information content (AvgIpc) is 2.49. The Balaban J connectivity index is 1.99. The topological polar surface area (TPSA) is 43.1 Å². The second-order valence-electron chi connectivity index (χ2n) is 5.17. The van der Waals surface area contributed by atoms with Gasteiger partial charge in [0.15, 0.2) is 0 Å².